The van der Waals surface area contributed by atoms with E-state index in [0.29, 0.717) is 13.1 Å². The molecule has 2 N–H and O–H groups in total. The zero-order chi connectivity index (χ0) is 13.7. The number of carbonyl (C=O) groups excluding carboxylic acids is 1. The van der Waals surface area contributed by atoms with E-state index in [1.165, 1.54) is 4.90 Å². The van der Waals surface area contributed by atoms with E-state index in [4.69, 9.17) is 10.2 Å². The van der Waals surface area contributed by atoms with E-state index in [-0.39, 0.29) is 31.1 Å². The van der Waals surface area contributed by atoms with Crippen LogP contribution in [0.5, 0.6) is 0 Å². The highest BCUT2D eigenvalue weighted by atomic mass is 16.4. The van der Waals surface area contributed by atoms with Crippen molar-refractivity contribution in [2.75, 3.05) is 26.2 Å². The molecular formula is C12H22N2O4. The molecule has 1 heterocycles. The van der Waals surface area contributed by atoms with Crippen molar-refractivity contribution in [2.45, 2.75) is 32.7 Å². The highest BCUT2D eigenvalue weighted by molar-refractivity contribution is 5.80. The van der Waals surface area contributed by atoms with Crippen LogP contribution in [0.3, 0.4) is 0 Å². The summed E-state index contributed by atoms with van der Waals surface area (Å²) in [4.78, 5) is 26.1. The third-order valence-corrected chi connectivity index (χ3v) is 3.49. The van der Waals surface area contributed by atoms with Crippen LogP contribution in [0, 0.1) is 5.92 Å². The Morgan fingerprint density at radius 2 is 2.17 bits per heavy atom. The first-order valence-electron chi connectivity index (χ1n) is 6.37. The van der Waals surface area contributed by atoms with Gasteiger partial charge in [-0.1, -0.05) is 6.92 Å². The topological polar surface area (TPSA) is 81.1 Å². The zero-order valence-electron chi connectivity index (χ0n) is 11.0. The van der Waals surface area contributed by atoms with Crippen molar-refractivity contribution in [3.05, 3.63) is 0 Å². The van der Waals surface area contributed by atoms with Crippen LogP contribution >= 0.6 is 0 Å². The molecule has 18 heavy (non-hydrogen) atoms. The van der Waals surface area contributed by atoms with Gasteiger partial charge >= 0.3 is 12.0 Å². The summed E-state index contributed by atoms with van der Waals surface area (Å²) in [5.74, 6) is -0.876. The number of amides is 2. The highest BCUT2D eigenvalue weighted by Crippen LogP contribution is 2.18. The molecule has 0 saturated carbocycles. The number of hydrogen-bond acceptors (Lipinski definition) is 3. The number of carbonyl (C=O) groups is 2. The third-order valence-electron chi connectivity index (χ3n) is 3.49. The predicted molar refractivity (Wildman–Crippen MR) is 66.3 cm³/mol. The van der Waals surface area contributed by atoms with Gasteiger partial charge in [-0.25, -0.2) is 4.79 Å². The highest BCUT2D eigenvalue weighted by Gasteiger charge is 2.31. The van der Waals surface area contributed by atoms with E-state index in [9.17, 15) is 9.59 Å². The van der Waals surface area contributed by atoms with Gasteiger partial charge in [-0.05, 0) is 19.8 Å². The van der Waals surface area contributed by atoms with E-state index < -0.39 is 5.97 Å². The summed E-state index contributed by atoms with van der Waals surface area (Å²) in [6.45, 7) is 4.69. The molecule has 0 bridgehead atoms. The lowest BCUT2D eigenvalue weighted by Crippen LogP contribution is -2.48. The first-order chi connectivity index (χ1) is 8.49. The molecule has 0 aromatic rings. The quantitative estimate of drug-likeness (QED) is 0.757. The average Bonchev–Trinajstić information content (AvgIpc) is 2.82. The molecule has 6 heteroatoms. The van der Waals surface area contributed by atoms with Gasteiger partial charge in [0.05, 0.1) is 0 Å². The maximum absolute atomic E-state index is 12.2. The molecular weight excluding hydrogens is 236 g/mol. The van der Waals surface area contributed by atoms with Crippen molar-refractivity contribution in [3.63, 3.8) is 0 Å². The van der Waals surface area contributed by atoms with E-state index in [1.807, 2.05) is 13.8 Å². The average molecular weight is 258 g/mol. The number of carboxylic acids is 1. The van der Waals surface area contributed by atoms with Gasteiger partial charge in [0.15, 0.2) is 0 Å². The van der Waals surface area contributed by atoms with Crippen LogP contribution in [-0.2, 0) is 4.79 Å². The number of aliphatic carboxylic acids is 1. The zero-order valence-corrected chi connectivity index (χ0v) is 11.0. The van der Waals surface area contributed by atoms with Crippen LogP contribution in [0.2, 0.25) is 0 Å². The summed E-state index contributed by atoms with van der Waals surface area (Å²) < 4.78 is 0. The van der Waals surface area contributed by atoms with Gasteiger partial charge in [0.2, 0.25) is 0 Å². The third kappa shape index (κ3) is 3.60. The number of rotatable bonds is 5. The van der Waals surface area contributed by atoms with Gasteiger partial charge in [0, 0.05) is 31.7 Å². The molecule has 1 aliphatic rings. The first kappa shape index (κ1) is 14.8. The number of likely N-dealkylation sites (tertiary alicyclic amines) is 1. The standard InChI is InChI=1S/C12H22N2O4/c1-3-9(2)14(7-11(16)17)12(18)13-5-4-10(6-13)8-15/h9-10,15H,3-8H2,1-2H3,(H,16,17). The summed E-state index contributed by atoms with van der Waals surface area (Å²) >= 11 is 0. The molecule has 2 atom stereocenters. The number of nitrogens with zero attached hydrogens (tertiary/aromatic N) is 2. The number of aliphatic hydroxyl groups is 1. The van der Waals surface area contributed by atoms with Gasteiger partial charge < -0.3 is 20.0 Å². The fourth-order valence-electron chi connectivity index (χ4n) is 2.12. The number of aliphatic hydroxyl groups excluding tert-OH is 1. The second kappa shape index (κ2) is 6.58. The molecule has 1 saturated heterocycles. The summed E-state index contributed by atoms with van der Waals surface area (Å²) in [6, 6.07) is -0.329. The lowest BCUT2D eigenvalue weighted by atomic mass is 10.1. The van der Waals surface area contributed by atoms with Gasteiger partial charge in [-0.2, -0.15) is 0 Å². The van der Waals surface area contributed by atoms with Crippen LogP contribution < -0.4 is 0 Å². The van der Waals surface area contributed by atoms with Crippen LogP contribution in [0.25, 0.3) is 0 Å². The van der Waals surface area contributed by atoms with Crippen molar-refractivity contribution < 1.29 is 19.8 Å². The normalized spacial score (nSPS) is 20.8. The first-order valence-corrected chi connectivity index (χ1v) is 6.37. The second-order valence-corrected chi connectivity index (χ2v) is 4.84. The second-order valence-electron chi connectivity index (χ2n) is 4.84. The minimum Gasteiger partial charge on any atom is -0.480 e. The Labute approximate surface area is 107 Å². The molecule has 104 valence electrons. The van der Waals surface area contributed by atoms with Gasteiger partial charge in [-0.15, -0.1) is 0 Å². The summed E-state index contributed by atoms with van der Waals surface area (Å²) in [5, 5.41) is 17.9. The van der Waals surface area contributed by atoms with Crippen molar-refractivity contribution in [1.29, 1.82) is 0 Å². The van der Waals surface area contributed by atoms with E-state index in [1.54, 1.807) is 4.90 Å². The lowest BCUT2D eigenvalue weighted by molar-refractivity contribution is -0.138. The minimum absolute atomic E-state index is 0.0754. The summed E-state index contributed by atoms with van der Waals surface area (Å²) in [5.41, 5.74) is 0. The van der Waals surface area contributed by atoms with Crippen LogP contribution in [0.4, 0.5) is 4.79 Å². The Kier molecular flexibility index (Phi) is 5.40. The van der Waals surface area contributed by atoms with Crippen LogP contribution in [-0.4, -0.2) is 64.3 Å². The van der Waals surface area contributed by atoms with E-state index in [2.05, 4.69) is 0 Å². The fraction of sp³-hybridized carbons (Fsp3) is 0.833. The molecule has 2 amide bonds. The van der Waals surface area contributed by atoms with Crippen molar-refractivity contribution >= 4 is 12.0 Å². The number of hydrogen-bond donors (Lipinski definition) is 2. The molecule has 6 nitrogen and oxygen atoms in total. The Morgan fingerprint density at radius 1 is 1.50 bits per heavy atom. The van der Waals surface area contributed by atoms with Crippen molar-refractivity contribution in [2.24, 2.45) is 5.92 Å². The maximum atomic E-state index is 12.2. The Hall–Kier alpha value is -1.30. The fourth-order valence-corrected chi connectivity index (χ4v) is 2.12. The smallest absolute Gasteiger partial charge is 0.323 e. The largest absolute Gasteiger partial charge is 0.480 e. The Morgan fingerprint density at radius 3 is 2.61 bits per heavy atom. The monoisotopic (exact) mass is 258 g/mol. The molecule has 0 aliphatic carbocycles. The Bertz CT molecular complexity index is 308. The Balaban J connectivity index is 2.67. The molecule has 1 aliphatic heterocycles. The predicted octanol–water partition coefficient (Wildman–Crippen LogP) is 0.606. The van der Waals surface area contributed by atoms with Crippen molar-refractivity contribution in [3.8, 4) is 0 Å². The molecule has 0 aromatic carbocycles. The van der Waals surface area contributed by atoms with E-state index >= 15 is 0 Å². The molecule has 1 rings (SSSR count). The lowest BCUT2D eigenvalue weighted by Gasteiger charge is -2.31. The van der Waals surface area contributed by atoms with Crippen LogP contribution in [0.15, 0.2) is 0 Å². The van der Waals surface area contributed by atoms with Crippen LogP contribution in [0.1, 0.15) is 26.7 Å². The van der Waals surface area contributed by atoms with Gasteiger partial charge in [0.25, 0.3) is 0 Å². The van der Waals surface area contributed by atoms with Gasteiger partial charge in [-0.3, -0.25) is 4.79 Å². The minimum atomic E-state index is -0.999. The molecule has 1 fully saturated rings. The van der Waals surface area contributed by atoms with Gasteiger partial charge in [0.1, 0.15) is 6.54 Å². The SMILES string of the molecule is CCC(C)N(CC(=O)O)C(=O)N1CCC(CO)C1. The maximum Gasteiger partial charge on any atom is 0.323 e. The number of urea groups is 1. The molecule has 0 aromatic heterocycles. The van der Waals surface area contributed by atoms with E-state index in [0.717, 1.165) is 12.8 Å². The summed E-state index contributed by atoms with van der Waals surface area (Å²) in [6.07, 6.45) is 1.50. The van der Waals surface area contributed by atoms with Crippen molar-refractivity contribution in [1.82, 2.24) is 9.80 Å². The number of carboxylic acid groups (broad SMARTS) is 1. The molecule has 0 radical (unpaired) electrons. The summed E-state index contributed by atoms with van der Waals surface area (Å²) in [7, 11) is 0. The molecule has 0 spiro atoms. The molecule has 2 unspecified atom stereocenters.